The molecule has 0 saturated heterocycles. The maximum absolute atomic E-state index is 11.2. The van der Waals surface area contributed by atoms with E-state index in [0.717, 1.165) is 128 Å². The quantitative estimate of drug-likeness (QED) is 0.0618. The number of carbonyl (C=O) groups is 4. The van der Waals surface area contributed by atoms with Gasteiger partial charge in [0.05, 0.1) is 21.7 Å². The molecule has 0 atom stereocenters. The molecule has 0 fully saturated rings. The highest BCUT2D eigenvalue weighted by molar-refractivity contribution is 5.74. The number of carboxylic acid groups (broad SMARTS) is 4. The zero-order valence-corrected chi connectivity index (χ0v) is 41.9. The summed E-state index contributed by atoms with van der Waals surface area (Å²) in [7, 11) is 0. The van der Waals surface area contributed by atoms with E-state index in [1.54, 1.807) is 55.4 Å². The molecular formula is C54H90O8. The first-order chi connectivity index (χ1) is 28.7. The summed E-state index contributed by atoms with van der Waals surface area (Å²) in [6.45, 7) is 27.2. The topological polar surface area (TPSA) is 149 Å². The molecule has 0 saturated carbocycles. The van der Waals surface area contributed by atoms with E-state index in [9.17, 15) is 39.6 Å². The fourth-order valence-electron chi connectivity index (χ4n) is 7.61. The van der Waals surface area contributed by atoms with Crippen LogP contribution in [0.5, 0.6) is 0 Å². The van der Waals surface area contributed by atoms with Gasteiger partial charge in [-0.15, -0.1) is 0 Å². The third-order valence-corrected chi connectivity index (χ3v) is 13.1. The molecule has 8 nitrogen and oxygen atoms in total. The summed E-state index contributed by atoms with van der Waals surface area (Å²) in [4.78, 5) is 44.7. The zero-order valence-electron chi connectivity index (χ0n) is 41.9. The van der Waals surface area contributed by atoms with E-state index in [1.807, 2.05) is 13.8 Å². The molecule has 0 aliphatic heterocycles. The van der Waals surface area contributed by atoms with Gasteiger partial charge in [0, 0.05) is 0 Å². The van der Waals surface area contributed by atoms with Gasteiger partial charge >= 0.3 is 23.9 Å². The number of unbranched alkanes of at least 4 members (excludes halogenated alkanes) is 8. The van der Waals surface area contributed by atoms with Crippen molar-refractivity contribution in [2.75, 3.05) is 0 Å². The number of hydrogen-bond acceptors (Lipinski definition) is 4. The van der Waals surface area contributed by atoms with Crippen molar-refractivity contribution >= 4 is 23.9 Å². The van der Waals surface area contributed by atoms with Crippen LogP contribution in [0.1, 0.15) is 216 Å². The molecule has 8 heteroatoms. The van der Waals surface area contributed by atoms with Crippen LogP contribution in [0.25, 0.3) is 0 Å². The summed E-state index contributed by atoms with van der Waals surface area (Å²) in [5, 5.41) is 36.8. The molecule has 354 valence electrons. The number of rotatable bonds is 28. The molecule has 0 aromatic heterocycles. The van der Waals surface area contributed by atoms with Crippen LogP contribution in [0.2, 0.25) is 0 Å². The summed E-state index contributed by atoms with van der Waals surface area (Å²) in [5.74, 6) is -2.85. The van der Waals surface area contributed by atoms with E-state index in [0.29, 0.717) is 0 Å². The van der Waals surface area contributed by atoms with Crippen molar-refractivity contribution in [3.8, 4) is 0 Å². The Hall–Kier alpha value is -3.68. The highest BCUT2D eigenvalue weighted by atomic mass is 16.4. The van der Waals surface area contributed by atoms with Gasteiger partial charge in [-0.3, -0.25) is 19.2 Å². The Morgan fingerprint density at radius 2 is 0.581 bits per heavy atom. The van der Waals surface area contributed by atoms with Gasteiger partial charge in [0.25, 0.3) is 0 Å². The first kappa shape index (κ1) is 58.3. The standard InChI is InChI=1S/2C26H42O4.C2H6/c1-19-20(2)22(14-10-8-12-18-26(5,6)24(29)30)16-15-21(19)13-9-7-11-17-25(3,4)23(27)28;1-19-17-22(14-10-8-12-16-26(5,6)24(29)30)20(2)18-21(19)13-9-7-11-15-25(3,4)23(27)28;1-2/h15-16H,7-14,17-18H2,1-6H3,(H,27,28)(H,29,30);17-18H,7-16H2,1-6H3,(H,27,28)(H,29,30);1-2H3. The van der Waals surface area contributed by atoms with Crippen molar-refractivity contribution in [3.05, 3.63) is 68.8 Å². The molecule has 0 spiro atoms. The summed E-state index contributed by atoms with van der Waals surface area (Å²) in [6, 6.07) is 9.15. The lowest BCUT2D eigenvalue weighted by Gasteiger charge is -2.19. The van der Waals surface area contributed by atoms with E-state index in [1.165, 1.54) is 44.5 Å². The summed E-state index contributed by atoms with van der Waals surface area (Å²) in [6.07, 6.45) is 19.5. The molecule has 0 radical (unpaired) electrons. The van der Waals surface area contributed by atoms with Gasteiger partial charge in [0.2, 0.25) is 0 Å². The van der Waals surface area contributed by atoms with Gasteiger partial charge in [-0.05, 0) is 205 Å². The number of carboxylic acids is 4. The predicted molar refractivity (Wildman–Crippen MR) is 258 cm³/mol. The zero-order chi connectivity index (χ0) is 47.9. The van der Waals surface area contributed by atoms with E-state index in [4.69, 9.17) is 0 Å². The van der Waals surface area contributed by atoms with Gasteiger partial charge in [-0.2, -0.15) is 0 Å². The van der Waals surface area contributed by atoms with Crippen LogP contribution in [-0.2, 0) is 44.9 Å². The minimum absolute atomic E-state index is 0.627. The van der Waals surface area contributed by atoms with Gasteiger partial charge in [0.1, 0.15) is 0 Å². The van der Waals surface area contributed by atoms with Crippen molar-refractivity contribution < 1.29 is 39.6 Å². The summed E-state index contributed by atoms with van der Waals surface area (Å²) >= 11 is 0. The fraction of sp³-hybridized carbons (Fsp3) is 0.704. The van der Waals surface area contributed by atoms with Crippen molar-refractivity contribution in [1.29, 1.82) is 0 Å². The van der Waals surface area contributed by atoms with Crippen LogP contribution in [0, 0.1) is 49.4 Å². The smallest absolute Gasteiger partial charge is 0.309 e. The Kier molecular flexibility index (Phi) is 26.5. The lowest BCUT2D eigenvalue weighted by Crippen LogP contribution is -2.23. The number of aryl methyl sites for hydroxylation is 6. The van der Waals surface area contributed by atoms with E-state index in [-0.39, 0.29) is 0 Å². The second kappa shape index (κ2) is 28.2. The molecule has 0 bridgehead atoms. The van der Waals surface area contributed by atoms with Crippen LogP contribution in [-0.4, -0.2) is 44.3 Å². The molecule has 62 heavy (non-hydrogen) atoms. The number of benzene rings is 2. The first-order valence-corrected chi connectivity index (χ1v) is 23.9. The van der Waals surface area contributed by atoms with Crippen molar-refractivity contribution in [3.63, 3.8) is 0 Å². The average Bonchev–Trinajstić information content (AvgIpc) is 3.18. The van der Waals surface area contributed by atoms with Crippen molar-refractivity contribution in [1.82, 2.24) is 0 Å². The Bertz CT molecular complexity index is 1490. The van der Waals surface area contributed by atoms with Gasteiger partial charge in [-0.1, -0.05) is 89.5 Å². The third-order valence-electron chi connectivity index (χ3n) is 13.1. The highest BCUT2D eigenvalue weighted by Crippen LogP contribution is 2.29. The summed E-state index contributed by atoms with van der Waals surface area (Å²) < 4.78 is 0. The molecule has 2 aromatic rings. The molecule has 0 aliphatic carbocycles. The highest BCUT2D eigenvalue weighted by Gasteiger charge is 2.28. The van der Waals surface area contributed by atoms with Crippen LogP contribution in [0.15, 0.2) is 24.3 Å². The van der Waals surface area contributed by atoms with E-state index < -0.39 is 45.5 Å². The number of hydrogen-bond donors (Lipinski definition) is 4. The molecule has 4 N–H and O–H groups in total. The largest absolute Gasteiger partial charge is 0.481 e. The van der Waals surface area contributed by atoms with Crippen molar-refractivity contribution in [2.24, 2.45) is 21.7 Å². The maximum Gasteiger partial charge on any atom is 0.309 e. The van der Waals surface area contributed by atoms with Crippen LogP contribution >= 0.6 is 0 Å². The Labute approximate surface area is 378 Å². The lowest BCUT2D eigenvalue weighted by molar-refractivity contribution is -0.148. The normalized spacial score (nSPS) is 11.9. The van der Waals surface area contributed by atoms with E-state index >= 15 is 0 Å². The van der Waals surface area contributed by atoms with Gasteiger partial charge < -0.3 is 20.4 Å². The van der Waals surface area contributed by atoms with Crippen LogP contribution in [0.3, 0.4) is 0 Å². The minimum Gasteiger partial charge on any atom is -0.481 e. The average molecular weight is 867 g/mol. The molecule has 2 rings (SSSR count). The molecule has 0 aliphatic rings. The third kappa shape index (κ3) is 21.6. The second-order valence-electron chi connectivity index (χ2n) is 20.3. The minimum atomic E-state index is -0.713. The number of aliphatic carboxylic acids is 4. The van der Waals surface area contributed by atoms with Crippen molar-refractivity contribution in [2.45, 2.75) is 225 Å². The van der Waals surface area contributed by atoms with Gasteiger partial charge in [0.15, 0.2) is 0 Å². The molecule has 2 aromatic carbocycles. The predicted octanol–water partition coefficient (Wildman–Crippen LogP) is 14.5. The Morgan fingerprint density at radius 1 is 0.371 bits per heavy atom. The van der Waals surface area contributed by atoms with Gasteiger partial charge in [-0.25, -0.2) is 0 Å². The Balaban J connectivity index is 0.00000115. The molecule has 0 amide bonds. The SMILES string of the molecule is CC.Cc1c(CCCCCC(C)(C)C(=O)O)ccc(CCCCCC(C)(C)C(=O)O)c1C.Cc1cc(CCCCCC(C)(C)C(=O)O)c(C)cc1CCCCCC(C)(C)C(=O)O. The fourth-order valence-corrected chi connectivity index (χ4v) is 7.61. The maximum atomic E-state index is 11.2. The lowest BCUT2D eigenvalue weighted by atomic mass is 9.86. The molecular weight excluding hydrogens is 777 g/mol. The molecule has 0 heterocycles. The van der Waals surface area contributed by atoms with Crippen LogP contribution < -0.4 is 0 Å². The molecule has 0 unspecified atom stereocenters. The monoisotopic (exact) mass is 867 g/mol. The first-order valence-electron chi connectivity index (χ1n) is 23.9. The Morgan fingerprint density at radius 3 is 0.790 bits per heavy atom. The van der Waals surface area contributed by atoms with E-state index in [2.05, 4.69) is 52.0 Å². The second-order valence-corrected chi connectivity index (χ2v) is 20.3. The summed E-state index contributed by atoms with van der Waals surface area (Å²) in [5.41, 5.74) is 8.53. The van der Waals surface area contributed by atoms with Crippen LogP contribution in [0.4, 0.5) is 0 Å².